The quantitative estimate of drug-likeness (QED) is 0.892. The molecule has 5 nitrogen and oxygen atoms in total. The monoisotopic (exact) mass is 336 g/mol. The van der Waals surface area contributed by atoms with Crippen molar-refractivity contribution in [1.82, 2.24) is 4.90 Å². The fourth-order valence-electron chi connectivity index (χ4n) is 2.69. The van der Waals surface area contributed by atoms with E-state index in [-0.39, 0.29) is 5.91 Å². The molecule has 0 aromatic heterocycles. The molecule has 24 heavy (non-hydrogen) atoms. The van der Waals surface area contributed by atoms with Crippen LogP contribution in [0.1, 0.15) is 45.6 Å². The van der Waals surface area contributed by atoms with Crippen LogP contribution < -0.4 is 5.32 Å². The number of nitrogens with one attached hydrogen (secondary N) is 1. The average molecular weight is 336 g/mol. The average Bonchev–Trinajstić information content (AvgIpc) is 2.49. The molecule has 0 aliphatic carbocycles. The summed E-state index contributed by atoms with van der Waals surface area (Å²) in [4.78, 5) is 26.5. The Balaban J connectivity index is 2.13. The Kier molecular flexibility index (Phi) is 5.47. The molecule has 0 spiro atoms. The minimum atomic E-state index is -0.616. The lowest BCUT2D eigenvalue weighted by Gasteiger charge is -2.35. The lowest BCUT2D eigenvalue weighted by Crippen LogP contribution is -2.51. The Morgan fingerprint density at radius 2 is 2.00 bits per heavy atom. The Morgan fingerprint density at radius 3 is 2.67 bits per heavy atom. The number of aryl methyl sites for hydroxylation is 1. The summed E-state index contributed by atoms with van der Waals surface area (Å²) in [7, 11) is 0. The Hall–Kier alpha value is -2.11. The molecule has 132 valence electrons. The van der Waals surface area contributed by atoms with E-state index in [4.69, 9.17) is 4.74 Å². The van der Waals surface area contributed by atoms with Crippen LogP contribution in [0.25, 0.3) is 0 Å². The molecule has 1 aromatic carbocycles. The molecule has 1 heterocycles. The van der Waals surface area contributed by atoms with Crippen LogP contribution in [0.15, 0.2) is 18.2 Å². The number of hydrogen-bond acceptors (Lipinski definition) is 3. The molecule has 1 aliphatic rings. The second-order valence-corrected chi connectivity index (χ2v) is 7.13. The number of likely N-dealkylation sites (tertiary alicyclic amines) is 1. The van der Waals surface area contributed by atoms with Gasteiger partial charge in [0, 0.05) is 12.2 Å². The van der Waals surface area contributed by atoms with E-state index in [1.807, 2.05) is 0 Å². The van der Waals surface area contributed by atoms with Crippen molar-refractivity contribution in [2.24, 2.45) is 0 Å². The summed E-state index contributed by atoms with van der Waals surface area (Å²) in [6.07, 6.45) is 1.78. The zero-order valence-corrected chi connectivity index (χ0v) is 14.7. The Bertz CT molecular complexity index is 625. The first-order valence-electron chi connectivity index (χ1n) is 8.24. The van der Waals surface area contributed by atoms with Crippen LogP contribution >= 0.6 is 0 Å². The number of anilines is 1. The highest BCUT2D eigenvalue weighted by Crippen LogP contribution is 2.23. The van der Waals surface area contributed by atoms with Gasteiger partial charge in [0.15, 0.2) is 0 Å². The van der Waals surface area contributed by atoms with E-state index in [0.29, 0.717) is 18.7 Å². The van der Waals surface area contributed by atoms with E-state index < -0.39 is 23.6 Å². The molecule has 1 saturated heterocycles. The van der Waals surface area contributed by atoms with E-state index in [1.165, 1.54) is 17.0 Å². The van der Waals surface area contributed by atoms with Gasteiger partial charge in [-0.3, -0.25) is 9.69 Å². The molecule has 0 radical (unpaired) electrons. The molecular weight excluding hydrogens is 311 g/mol. The predicted molar refractivity (Wildman–Crippen MR) is 90.3 cm³/mol. The molecule has 1 atom stereocenters. The van der Waals surface area contributed by atoms with Crippen molar-refractivity contribution in [3.8, 4) is 0 Å². The van der Waals surface area contributed by atoms with Crippen LogP contribution in [-0.4, -0.2) is 35.1 Å². The van der Waals surface area contributed by atoms with Crippen LogP contribution in [0.4, 0.5) is 14.9 Å². The minimum Gasteiger partial charge on any atom is -0.444 e. The second-order valence-electron chi connectivity index (χ2n) is 7.13. The van der Waals surface area contributed by atoms with E-state index in [1.54, 1.807) is 33.8 Å². The van der Waals surface area contributed by atoms with Crippen molar-refractivity contribution in [3.05, 3.63) is 29.6 Å². The summed E-state index contributed by atoms with van der Waals surface area (Å²) in [5.41, 5.74) is 0.577. The number of benzene rings is 1. The second kappa shape index (κ2) is 7.20. The fraction of sp³-hybridized carbons (Fsp3) is 0.556. The summed E-state index contributed by atoms with van der Waals surface area (Å²) in [5.74, 6) is -0.724. The number of halogens is 1. The third-order valence-corrected chi connectivity index (χ3v) is 3.89. The molecule has 2 rings (SSSR count). The summed E-state index contributed by atoms with van der Waals surface area (Å²) < 4.78 is 18.8. The molecule has 1 N–H and O–H groups in total. The normalized spacial score (nSPS) is 18.2. The Labute approximate surface area is 142 Å². The van der Waals surface area contributed by atoms with Gasteiger partial charge in [-0.25, -0.2) is 9.18 Å². The first kappa shape index (κ1) is 18.2. The zero-order valence-electron chi connectivity index (χ0n) is 14.7. The van der Waals surface area contributed by atoms with Crippen molar-refractivity contribution in [3.63, 3.8) is 0 Å². The molecule has 1 fully saturated rings. The van der Waals surface area contributed by atoms with Gasteiger partial charge < -0.3 is 10.1 Å². The number of amides is 2. The van der Waals surface area contributed by atoms with Gasteiger partial charge >= 0.3 is 6.09 Å². The van der Waals surface area contributed by atoms with Gasteiger partial charge in [-0.05, 0) is 64.7 Å². The maximum absolute atomic E-state index is 13.4. The van der Waals surface area contributed by atoms with Crippen molar-refractivity contribution in [2.75, 3.05) is 11.9 Å². The van der Waals surface area contributed by atoms with E-state index >= 15 is 0 Å². The molecule has 0 saturated carbocycles. The lowest BCUT2D eigenvalue weighted by molar-refractivity contribution is -0.122. The van der Waals surface area contributed by atoms with Gasteiger partial charge in [-0.1, -0.05) is 6.07 Å². The molecule has 1 unspecified atom stereocenters. The minimum absolute atomic E-state index is 0.311. The highest BCUT2D eigenvalue weighted by atomic mass is 19.1. The molecule has 0 bridgehead atoms. The molecule has 1 aromatic rings. The smallest absolute Gasteiger partial charge is 0.410 e. The highest BCUT2D eigenvalue weighted by Gasteiger charge is 2.34. The third-order valence-electron chi connectivity index (χ3n) is 3.89. The van der Waals surface area contributed by atoms with Crippen molar-refractivity contribution < 1.29 is 18.7 Å². The van der Waals surface area contributed by atoms with Gasteiger partial charge in [0.1, 0.15) is 17.5 Å². The first-order chi connectivity index (χ1) is 11.2. The third kappa shape index (κ3) is 4.69. The summed E-state index contributed by atoms with van der Waals surface area (Å²) in [6, 6.07) is 3.64. The van der Waals surface area contributed by atoms with Gasteiger partial charge in [0.2, 0.25) is 5.91 Å². The number of piperidine rings is 1. The zero-order chi connectivity index (χ0) is 17.9. The van der Waals surface area contributed by atoms with Gasteiger partial charge in [-0.2, -0.15) is 0 Å². The van der Waals surface area contributed by atoms with Crippen molar-refractivity contribution >= 4 is 17.7 Å². The van der Waals surface area contributed by atoms with Gasteiger partial charge in [0.05, 0.1) is 0 Å². The molecule has 2 amide bonds. The number of carbonyl (C=O) groups is 2. The first-order valence-corrected chi connectivity index (χ1v) is 8.24. The molecular formula is C18H25FN2O3. The van der Waals surface area contributed by atoms with Crippen LogP contribution in [0.5, 0.6) is 0 Å². The van der Waals surface area contributed by atoms with Crippen LogP contribution in [0.2, 0.25) is 0 Å². The number of rotatable bonds is 2. The van der Waals surface area contributed by atoms with Crippen molar-refractivity contribution in [2.45, 2.75) is 58.6 Å². The largest absolute Gasteiger partial charge is 0.444 e. The molecule has 6 heteroatoms. The fourth-order valence-corrected chi connectivity index (χ4v) is 2.69. The highest BCUT2D eigenvalue weighted by molar-refractivity contribution is 5.97. The number of nitrogens with zero attached hydrogens (tertiary/aromatic N) is 1. The number of hydrogen-bond donors (Lipinski definition) is 1. The topological polar surface area (TPSA) is 58.6 Å². The summed E-state index contributed by atoms with van der Waals surface area (Å²) in [5, 5.41) is 2.74. The SMILES string of the molecule is Cc1ccc(F)cc1NC(=O)C1CCCCN1C(=O)OC(C)(C)C. The van der Waals surface area contributed by atoms with E-state index in [2.05, 4.69) is 5.32 Å². The lowest BCUT2D eigenvalue weighted by atomic mass is 10.0. The number of ether oxygens (including phenoxy) is 1. The van der Waals surface area contributed by atoms with Gasteiger partial charge in [0.25, 0.3) is 0 Å². The van der Waals surface area contributed by atoms with Crippen molar-refractivity contribution in [1.29, 1.82) is 0 Å². The predicted octanol–water partition coefficient (Wildman–Crippen LogP) is 3.86. The standard InChI is InChI=1S/C18H25FN2O3/c1-12-8-9-13(19)11-14(12)20-16(22)15-7-5-6-10-21(15)17(23)24-18(2,3)4/h8-9,11,15H,5-7,10H2,1-4H3,(H,20,22). The maximum atomic E-state index is 13.4. The van der Waals surface area contributed by atoms with Crippen LogP contribution in [-0.2, 0) is 9.53 Å². The van der Waals surface area contributed by atoms with E-state index in [0.717, 1.165) is 18.4 Å². The van der Waals surface area contributed by atoms with Gasteiger partial charge in [-0.15, -0.1) is 0 Å². The molecule has 1 aliphatic heterocycles. The van der Waals surface area contributed by atoms with E-state index in [9.17, 15) is 14.0 Å². The maximum Gasteiger partial charge on any atom is 0.410 e. The van der Waals surface area contributed by atoms with Crippen LogP contribution in [0.3, 0.4) is 0 Å². The summed E-state index contributed by atoms with van der Waals surface area (Å²) in [6.45, 7) is 7.65. The number of carbonyl (C=O) groups excluding carboxylic acids is 2. The van der Waals surface area contributed by atoms with Crippen LogP contribution in [0, 0.1) is 12.7 Å². The Morgan fingerprint density at radius 1 is 1.29 bits per heavy atom. The summed E-state index contributed by atoms with van der Waals surface area (Å²) >= 11 is 0.